The van der Waals surface area contributed by atoms with E-state index in [4.69, 9.17) is 4.99 Å². The van der Waals surface area contributed by atoms with E-state index < -0.39 is 0 Å². The van der Waals surface area contributed by atoms with E-state index in [9.17, 15) is 0 Å². The Balaban J connectivity index is 1.20. The minimum absolute atomic E-state index is 0.120. The molecule has 0 fully saturated rings. The van der Waals surface area contributed by atoms with Crippen LogP contribution in [0.15, 0.2) is 157 Å². The largest absolute Gasteiger partial charge is 0.349 e. The lowest BCUT2D eigenvalue weighted by molar-refractivity contribution is 0.438. The summed E-state index contributed by atoms with van der Waals surface area (Å²) in [4.78, 5) is 10.3. The molecule has 1 aliphatic heterocycles. The van der Waals surface area contributed by atoms with E-state index in [0.717, 1.165) is 11.3 Å². The van der Waals surface area contributed by atoms with Gasteiger partial charge in [-0.05, 0) is 85.6 Å². The topological polar surface area (TPSA) is 42.2 Å². The molecule has 1 N–H and O–H groups in total. The molecule has 4 heteroatoms. The first kappa shape index (κ1) is 30.4. The van der Waals surface area contributed by atoms with Crippen LogP contribution in [0, 0.1) is 0 Å². The minimum atomic E-state index is -0.376. The Hall–Kier alpha value is -6.26. The van der Waals surface area contributed by atoms with Crippen LogP contribution in [-0.2, 0) is 10.8 Å². The smallest absolute Gasteiger partial charge is 0.201 e. The van der Waals surface area contributed by atoms with Crippen molar-refractivity contribution in [1.82, 2.24) is 14.9 Å². The predicted molar refractivity (Wildman–Crippen MR) is 219 cm³/mol. The molecule has 254 valence electrons. The van der Waals surface area contributed by atoms with E-state index >= 15 is 0 Å². The summed E-state index contributed by atoms with van der Waals surface area (Å²) in [6, 6.07) is 49.0. The number of nitrogens with one attached hydrogen (secondary N) is 1. The van der Waals surface area contributed by atoms with Crippen LogP contribution in [0.2, 0.25) is 0 Å². The molecule has 0 amide bonds. The van der Waals surface area contributed by atoms with E-state index in [-0.39, 0.29) is 17.1 Å². The number of hydrogen-bond donors (Lipinski definition) is 1. The lowest BCUT2D eigenvalue weighted by Gasteiger charge is -2.33. The summed E-state index contributed by atoms with van der Waals surface area (Å²) in [5.74, 6) is 0. The number of pyridine rings is 1. The third-order valence-corrected chi connectivity index (χ3v) is 12.3. The highest BCUT2D eigenvalue weighted by molar-refractivity contribution is 6.36. The first-order valence-corrected chi connectivity index (χ1v) is 18.6. The molecular weight excluding hydrogens is 645 g/mol. The number of allylic oxidation sites excluding steroid dienone is 2. The fourth-order valence-corrected chi connectivity index (χ4v) is 9.65. The van der Waals surface area contributed by atoms with Gasteiger partial charge in [0, 0.05) is 50.8 Å². The van der Waals surface area contributed by atoms with Crippen molar-refractivity contribution in [2.75, 3.05) is 0 Å². The van der Waals surface area contributed by atoms with E-state index in [1.807, 2.05) is 18.5 Å². The third-order valence-electron chi connectivity index (χ3n) is 12.3. The molecule has 1 unspecified atom stereocenters. The van der Waals surface area contributed by atoms with Crippen molar-refractivity contribution in [3.8, 4) is 22.3 Å². The van der Waals surface area contributed by atoms with Crippen molar-refractivity contribution in [2.45, 2.75) is 44.8 Å². The molecule has 2 aromatic heterocycles. The Morgan fingerprint density at radius 1 is 0.566 bits per heavy atom. The van der Waals surface area contributed by atoms with Gasteiger partial charge in [-0.15, -0.1) is 0 Å². The van der Waals surface area contributed by atoms with Gasteiger partial charge in [-0.3, -0.25) is 4.98 Å². The van der Waals surface area contributed by atoms with E-state index in [1.165, 1.54) is 88.4 Å². The van der Waals surface area contributed by atoms with Gasteiger partial charge in [0.15, 0.2) is 0 Å². The molecule has 2 aliphatic carbocycles. The van der Waals surface area contributed by atoms with Crippen molar-refractivity contribution in [1.29, 1.82) is 0 Å². The van der Waals surface area contributed by atoms with Crippen molar-refractivity contribution < 1.29 is 0 Å². The van der Waals surface area contributed by atoms with Crippen LogP contribution in [-0.4, -0.2) is 15.3 Å². The Morgan fingerprint density at radius 3 is 2.17 bits per heavy atom. The van der Waals surface area contributed by atoms with Gasteiger partial charge in [-0.1, -0.05) is 131 Å². The van der Waals surface area contributed by atoms with Gasteiger partial charge in [0.1, 0.15) is 0 Å². The summed E-state index contributed by atoms with van der Waals surface area (Å²) in [6.07, 6.45) is 3.42. The van der Waals surface area contributed by atoms with Crippen LogP contribution in [0.25, 0.3) is 60.4 Å². The molecule has 3 aliphatic rings. The molecule has 8 aromatic rings. The first-order valence-electron chi connectivity index (χ1n) is 18.6. The number of para-hydroxylation sites is 1. The maximum Gasteiger partial charge on any atom is 0.201 e. The Bertz CT molecular complexity index is 2920. The third kappa shape index (κ3) is 4.12. The molecule has 11 rings (SSSR count). The van der Waals surface area contributed by atoms with Gasteiger partial charge >= 0.3 is 0 Å². The first-order chi connectivity index (χ1) is 25.8. The number of fused-ring (bicyclic) bond motifs is 9. The average molecular weight is 683 g/mol. The number of aliphatic imine (C=N–C) groups is 1. The number of hydrogen-bond acceptors (Lipinski definition) is 3. The van der Waals surface area contributed by atoms with Crippen LogP contribution < -0.4 is 5.32 Å². The quantitative estimate of drug-likeness (QED) is 0.202. The Morgan fingerprint density at radius 2 is 1.32 bits per heavy atom. The van der Waals surface area contributed by atoms with Crippen LogP contribution in [0.5, 0.6) is 0 Å². The molecule has 0 saturated carbocycles. The van der Waals surface area contributed by atoms with E-state index in [2.05, 4.69) is 170 Å². The Labute approximate surface area is 309 Å². The van der Waals surface area contributed by atoms with Crippen molar-refractivity contribution in [2.24, 2.45) is 4.99 Å². The van der Waals surface area contributed by atoms with Gasteiger partial charge in [0.05, 0.1) is 16.7 Å². The number of rotatable bonds is 3. The van der Waals surface area contributed by atoms with E-state index in [0.29, 0.717) is 0 Å². The summed E-state index contributed by atoms with van der Waals surface area (Å²) >= 11 is 0. The summed E-state index contributed by atoms with van der Waals surface area (Å²) in [7, 11) is 0. The zero-order chi connectivity index (χ0) is 35.6. The van der Waals surface area contributed by atoms with Crippen LogP contribution >= 0.6 is 0 Å². The lowest BCUT2D eigenvalue weighted by Crippen LogP contribution is -2.36. The standard InChI is InChI=1S/C49H38N4/c1-48(2)38-19-9-7-17-34(38)43-36(18-11-20-39(43)48)45-44-35-23-22-31(32-15-12-24-50-28-32)26-40(35)49(3,4)46(44)52-47(51-45)53-41-21-10-8-16-33(41)37-25-29-13-5-6-14-30(29)27-42(37)53/h5-28,47,52H,1-4H3. The lowest BCUT2D eigenvalue weighted by atomic mass is 9.81. The van der Waals surface area contributed by atoms with Crippen LogP contribution in [0.4, 0.5) is 0 Å². The second kappa shape index (κ2) is 10.6. The second-order valence-corrected chi connectivity index (χ2v) is 15.9. The number of aromatic nitrogens is 2. The minimum Gasteiger partial charge on any atom is -0.349 e. The highest BCUT2D eigenvalue weighted by Gasteiger charge is 2.45. The number of benzene rings is 6. The zero-order valence-electron chi connectivity index (χ0n) is 30.3. The molecular formula is C49H38N4. The van der Waals surface area contributed by atoms with Crippen molar-refractivity contribution in [3.63, 3.8) is 0 Å². The van der Waals surface area contributed by atoms with Gasteiger partial charge in [0.25, 0.3) is 0 Å². The van der Waals surface area contributed by atoms with Crippen molar-refractivity contribution >= 4 is 43.9 Å². The van der Waals surface area contributed by atoms with Gasteiger partial charge < -0.3 is 9.88 Å². The fourth-order valence-electron chi connectivity index (χ4n) is 9.65. The van der Waals surface area contributed by atoms with Gasteiger partial charge in [-0.2, -0.15) is 0 Å². The maximum absolute atomic E-state index is 5.86. The summed E-state index contributed by atoms with van der Waals surface area (Å²) < 4.78 is 2.43. The molecule has 0 spiro atoms. The normalized spacial score (nSPS) is 17.7. The highest BCUT2D eigenvalue weighted by Crippen LogP contribution is 2.54. The SMILES string of the molecule is CC1(C)C2=C(C(c3cccc4c3-c3ccccc3C4(C)C)=NC(n3c4ccccc4c4cc5ccccc5cc43)N2)c2ccc(-c3cccnc3)cc21. The Kier molecular flexibility index (Phi) is 6.10. The monoisotopic (exact) mass is 682 g/mol. The predicted octanol–water partition coefficient (Wildman–Crippen LogP) is 11.6. The molecule has 0 saturated heterocycles. The molecule has 3 heterocycles. The van der Waals surface area contributed by atoms with Crippen molar-refractivity contribution in [3.05, 3.63) is 179 Å². The molecule has 1 atom stereocenters. The zero-order valence-corrected chi connectivity index (χ0v) is 30.3. The van der Waals surface area contributed by atoms with Crippen LogP contribution in [0.3, 0.4) is 0 Å². The maximum atomic E-state index is 5.86. The average Bonchev–Trinajstić information content (AvgIpc) is 3.73. The summed E-state index contributed by atoms with van der Waals surface area (Å²) in [5.41, 5.74) is 16.7. The molecule has 4 nitrogen and oxygen atoms in total. The van der Waals surface area contributed by atoms with Crippen LogP contribution in [0.1, 0.15) is 61.8 Å². The van der Waals surface area contributed by atoms with Gasteiger partial charge in [-0.25, -0.2) is 4.99 Å². The van der Waals surface area contributed by atoms with Gasteiger partial charge in [0.2, 0.25) is 6.29 Å². The second-order valence-electron chi connectivity index (χ2n) is 15.9. The van der Waals surface area contributed by atoms with E-state index in [1.54, 1.807) is 0 Å². The fraction of sp³-hybridized carbons (Fsp3) is 0.143. The number of nitrogens with zero attached hydrogens (tertiary/aromatic N) is 3. The highest BCUT2D eigenvalue weighted by atomic mass is 15.3. The molecule has 53 heavy (non-hydrogen) atoms. The summed E-state index contributed by atoms with van der Waals surface area (Å²) in [5, 5.41) is 9.03. The molecule has 6 aromatic carbocycles. The molecule has 0 bridgehead atoms. The summed E-state index contributed by atoms with van der Waals surface area (Å²) in [6.45, 7) is 9.44. The molecule has 0 radical (unpaired) electrons.